The first-order chi connectivity index (χ1) is 17.2. The molecule has 0 fully saturated rings. The maximum absolute atomic E-state index is 12.7. The lowest BCUT2D eigenvalue weighted by molar-refractivity contribution is -0.179. The van der Waals surface area contributed by atoms with Gasteiger partial charge in [-0.3, -0.25) is 0 Å². The molecule has 1 atom stereocenters. The molecule has 0 aromatic heterocycles. The van der Waals surface area contributed by atoms with Crippen LogP contribution < -0.4 is 14.8 Å². The van der Waals surface area contributed by atoms with Gasteiger partial charge in [-0.2, -0.15) is 0 Å². The van der Waals surface area contributed by atoms with Gasteiger partial charge >= 0.3 is 11.9 Å². The van der Waals surface area contributed by atoms with Crippen LogP contribution in [0.25, 0.3) is 0 Å². The van der Waals surface area contributed by atoms with Crippen LogP contribution in [0.4, 0.5) is 5.69 Å². The molecule has 9 nitrogen and oxygen atoms in total. The second-order valence-electron chi connectivity index (χ2n) is 9.72. The topological polar surface area (TPSA) is 105 Å². The van der Waals surface area contributed by atoms with E-state index < -0.39 is 29.2 Å². The number of carbonyl (C=O) groups excluding carboxylic acids is 2. The van der Waals surface area contributed by atoms with Gasteiger partial charge in [-0.05, 0) is 65.8 Å². The van der Waals surface area contributed by atoms with Crippen LogP contribution in [-0.4, -0.2) is 50.2 Å². The number of esters is 2. The zero-order valence-electron chi connectivity index (χ0n) is 22.7. The minimum absolute atomic E-state index is 0.425. The van der Waals surface area contributed by atoms with Crippen LogP contribution in [-0.2, 0) is 23.9 Å². The number of benzene rings is 2. The van der Waals surface area contributed by atoms with Crippen molar-refractivity contribution in [3.8, 4) is 11.5 Å². The SMILES string of the molecule is COC(=O)C(Nc1cc(OC)cc(/C(C)=N/OC(C)(C)C(=O)OC(C)(C)C)c1)c1ccc(Cl)cc1OC. The summed E-state index contributed by atoms with van der Waals surface area (Å²) in [6, 6.07) is 9.31. The van der Waals surface area contributed by atoms with Gasteiger partial charge < -0.3 is 29.1 Å². The van der Waals surface area contributed by atoms with Gasteiger partial charge in [-0.25, -0.2) is 9.59 Å². The van der Waals surface area contributed by atoms with Gasteiger partial charge in [0.25, 0.3) is 0 Å². The van der Waals surface area contributed by atoms with E-state index in [1.54, 1.807) is 77.9 Å². The van der Waals surface area contributed by atoms with Gasteiger partial charge in [0.05, 0.1) is 27.0 Å². The molecule has 0 radical (unpaired) electrons. The predicted molar refractivity (Wildman–Crippen MR) is 143 cm³/mol. The van der Waals surface area contributed by atoms with Crippen molar-refractivity contribution >= 4 is 34.9 Å². The maximum atomic E-state index is 12.7. The third kappa shape index (κ3) is 8.28. The summed E-state index contributed by atoms with van der Waals surface area (Å²) in [5.74, 6) is -0.137. The average molecular weight is 535 g/mol. The molecule has 0 heterocycles. The van der Waals surface area contributed by atoms with Crippen molar-refractivity contribution in [3.05, 3.63) is 52.5 Å². The quantitative estimate of drug-likeness (QED) is 0.240. The third-order valence-electron chi connectivity index (χ3n) is 5.12. The summed E-state index contributed by atoms with van der Waals surface area (Å²) in [6.45, 7) is 10.2. The van der Waals surface area contributed by atoms with Crippen LogP contribution in [0.5, 0.6) is 11.5 Å². The molecule has 2 aromatic rings. The number of carbonyl (C=O) groups is 2. The molecular formula is C27H35ClN2O7. The minimum atomic E-state index is -1.31. The van der Waals surface area contributed by atoms with E-state index in [1.165, 1.54) is 21.3 Å². The van der Waals surface area contributed by atoms with Crippen LogP contribution in [0.3, 0.4) is 0 Å². The molecule has 2 rings (SSSR count). The van der Waals surface area contributed by atoms with Crippen LogP contribution in [0.15, 0.2) is 41.6 Å². The fourth-order valence-corrected chi connectivity index (χ4v) is 3.32. The van der Waals surface area contributed by atoms with E-state index in [4.69, 9.17) is 35.4 Å². The number of rotatable bonds is 10. The van der Waals surface area contributed by atoms with E-state index in [1.807, 2.05) is 0 Å². The Balaban J connectivity index is 2.40. The molecule has 2 aromatic carbocycles. The van der Waals surface area contributed by atoms with E-state index >= 15 is 0 Å². The molecule has 1 unspecified atom stereocenters. The first-order valence-electron chi connectivity index (χ1n) is 11.5. The van der Waals surface area contributed by atoms with Crippen molar-refractivity contribution in [2.75, 3.05) is 26.6 Å². The van der Waals surface area contributed by atoms with Crippen molar-refractivity contribution in [3.63, 3.8) is 0 Å². The standard InChI is InChI=1S/C27H35ClN2O7/c1-16(30-37-27(5,6)25(32)36-26(2,3)4)17-12-19(15-20(13-17)33-7)29-23(24(31)35-9)21-11-10-18(28)14-22(21)34-8/h10-15,23,29H,1-9H3/b30-16+. The van der Waals surface area contributed by atoms with Crippen LogP contribution >= 0.6 is 11.6 Å². The highest BCUT2D eigenvalue weighted by molar-refractivity contribution is 6.30. The molecule has 0 saturated carbocycles. The van der Waals surface area contributed by atoms with E-state index in [0.717, 1.165) is 0 Å². The molecule has 0 saturated heterocycles. The maximum Gasteiger partial charge on any atom is 0.353 e. The van der Waals surface area contributed by atoms with Gasteiger partial charge in [-0.1, -0.05) is 22.8 Å². The lowest BCUT2D eigenvalue weighted by atomic mass is 10.0. The van der Waals surface area contributed by atoms with Crippen LogP contribution in [0.2, 0.25) is 5.02 Å². The van der Waals surface area contributed by atoms with Gasteiger partial charge in [0, 0.05) is 27.9 Å². The summed E-state index contributed by atoms with van der Waals surface area (Å²) in [7, 11) is 4.32. The number of halogens is 1. The van der Waals surface area contributed by atoms with E-state index in [9.17, 15) is 9.59 Å². The molecule has 0 aliphatic rings. The summed E-state index contributed by atoms with van der Waals surface area (Å²) < 4.78 is 21.3. The summed E-state index contributed by atoms with van der Waals surface area (Å²) in [5, 5.41) is 7.81. The number of oxime groups is 1. The normalized spacial score (nSPS) is 12.9. The van der Waals surface area contributed by atoms with Crippen LogP contribution in [0.1, 0.15) is 58.7 Å². The van der Waals surface area contributed by atoms with Crippen molar-refractivity contribution < 1.29 is 33.4 Å². The predicted octanol–water partition coefficient (Wildman–Crippen LogP) is 5.54. The van der Waals surface area contributed by atoms with E-state index in [-0.39, 0.29) is 0 Å². The zero-order chi connectivity index (χ0) is 28.0. The van der Waals surface area contributed by atoms with Crippen molar-refractivity contribution in [2.45, 2.75) is 58.8 Å². The van der Waals surface area contributed by atoms with Gasteiger partial charge in [0.1, 0.15) is 17.1 Å². The summed E-state index contributed by atoms with van der Waals surface area (Å²) in [5.41, 5.74) is 0.215. The summed E-state index contributed by atoms with van der Waals surface area (Å²) in [6.07, 6.45) is 0. The summed E-state index contributed by atoms with van der Waals surface area (Å²) >= 11 is 6.09. The Kier molecular flexibility index (Phi) is 9.80. The molecule has 0 bridgehead atoms. The fourth-order valence-electron chi connectivity index (χ4n) is 3.15. The van der Waals surface area contributed by atoms with E-state index in [0.29, 0.717) is 39.0 Å². The first-order valence-corrected chi connectivity index (χ1v) is 11.9. The Labute approximate surface area is 223 Å². The number of ether oxygens (including phenoxy) is 4. The van der Waals surface area contributed by atoms with Crippen LogP contribution in [0, 0.1) is 0 Å². The molecule has 0 spiro atoms. The Hall–Kier alpha value is -3.46. The minimum Gasteiger partial charge on any atom is -0.497 e. The number of hydrogen-bond acceptors (Lipinski definition) is 9. The Bertz CT molecular complexity index is 1160. The lowest BCUT2D eigenvalue weighted by Crippen LogP contribution is -2.40. The molecule has 10 heteroatoms. The Morgan fingerprint density at radius 1 is 0.973 bits per heavy atom. The monoisotopic (exact) mass is 534 g/mol. The highest BCUT2D eigenvalue weighted by atomic mass is 35.5. The van der Waals surface area contributed by atoms with Gasteiger partial charge in [0.15, 0.2) is 6.04 Å². The van der Waals surface area contributed by atoms with Gasteiger partial charge in [-0.15, -0.1) is 0 Å². The number of anilines is 1. The molecule has 0 aliphatic carbocycles. The molecule has 0 amide bonds. The van der Waals surface area contributed by atoms with Crippen molar-refractivity contribution in [1.29, 1.82) is 0 Å². The lowest BCUT2D eigenvalue weighted by Gasteiger charge is -2.26. The van der Waals surface area contributed by atoms with Crippen molar-refractivity contribution in [2.24, 2.45) is 5.16 Å². The molecule has 1 N–H and O–H groups in total. The Morgan fingerprint density at radius 2 is 1.65 bits per heavy atom. The second kappa shape index (κ2) is 12.2. The first kappa shape index (κ1) is 29.8. The molecular weight excluding hydrogens is 500 g/mol. The molecule has 0 aliphatic heterocycles. The smallest absolute Gasteiger partial charge is 0.353 e. The number of methoxy groups -OCH3 is 3. The number of nitrogens with zero attached hydrogens (tertiary/aromatic N) is 1. The molecule has 37 heavy (non-hydrogen) atoms. The highest BCUT2D eigenvalue weighted by Crippen LogP contribution is 2.33. The average Bonchev–Trinajstić information content (AvgIpc) is 2.84. The third-order valence-corrected chi connectivity index (χ3v) is 5.35. The number of hydrogen-bond donors (Lipinski definition) is 1. The molecule has 202 valence electrons. The fraction of sp³-hybridized carbons (Fsp3) is 0.444. The largest absolute Gasteiger partial charge is 0.497 e. The van der Waals surface area contributed by atoms with E-state index in [2.05, 4.69) is 10.5 Å². The summed E-state index contributed by atoms with van der Waals surface area (Å²) in [4.78, 5) is 30.8. The highest BCUT2D eigenvalue weighted by Gasteiger charge is 2.35. The van der Waals surface area contributed by atoms with Crippen molar-refractivity contribution in [1.82, 2.24) is 0 Å². The zero-order valence-corrected chi connectivity index (χ0v) is 23.5. The second-order valence-corrected chi connectivity index (χ2v) is 10.2. The number of nitrogens with one attached hydrogen (secondary N) is 1. The Morgan fingerprint density at radius 3 is 2.22 bits per heavy atom. The van der Waals surface area contributed by atoms with Gasteiger partial charge in [0.2, 0.25) is 5.60 Å².